The molecule has 3 heterocycles. The van der Waals surface area contributed by atoms with Gasteiger partial charge in [0, 0.05) is 24.0 Å². The second-order valence-electron chi connectivity index (χ2n) is 6.61. The quantitative estimate of drug-likeness (QED) is 0.463. The number of hydrogen-bond donors (Lipinski definition) is 1. The molecule has 0 fully saturated rings. The third kappa shape index (κ3) is 4.67. The van der Waals surface area contributed by atoms with Gasteiger partial charge >= 0.3 is 0 Å². The van der Waals surface area contributed by atoms with E-state index in [4.69, 9.17) is 5.10 Å². The molecular formula is C23H20N4OS. The van der Waals surface area contributed by atoms with Crippen LogP contribution in [0.25, 0.3) is 16.6 Å². The first-order chi connectivity index (χ1) is 14.2. The molecule has 0 unspecified atom stereocenters. The highest BCUT2D eigenvalue weighted by Crippen LogP contribution is 2.28. The molecule has 6 heteroatoms. The molecule has 0 bridgehead atoms. The molecule has 0 aliphatic heterocycles. The summed E-state index contributed by atoms with van der Waals surface area (Å²) >= 11 is 1.63. The minimum absolute atomic E-state index is 0.200. The molecule has 4 aromatic rings. The largest absolute Gasteiger partial charge is 0.321 e. The van der Waals surface area contributed by atoms with E-state index in [0.29, 0.717) is 12.2 Å². The van der Waals surface area contributed by atoms with Gasteiger partial charge in [-0.1, -0.05) is 36.4 Å². The number of aromatic nitrogens is 3. The van der Waals surface area contributed by atoms with E-state index >= 15 is 0 Å². The number of aryl methyl sites for hydroxylation is 1. The maximum absolute atomic E-state index is 12.4. The Morgan fingerprint density at radius 3 is 2.79 bits per heavy atom. The van der Waals surface area contributed by atoms with Gasteiger partial charge in [0.05, 0.1) is 23.3 Å². The van der Waals surface area contributed by atoms with Crippen molar-refractivity contribution in [1.29, 1.82) is 0 Å². The van der Waals surface area contributed by atoms with Gasteiger partial charge in [-0.15, -0.1) is 11.3 Å². The minimum atomic E-state index is -0.200. The van der Waals surface area contributed by atoms with Crippen molar-refractivity contribution in [1.82, 2.24) is 14.8 Å². The molecular weight excluding hydrogens is 380 g/mol. The van der Waals surface area contributed by atoms with Crippen LogP contribution in [0, 0.1) is 6.92 Å². The molecule has 0 saturated carbocycles. The summed E-state index contributed by atoms with van der Waals surface area (Å²) < 4.78 is 1.91. The number of thiophene rings is 1. The Hall–Kier alpha value is -3.51. The van der Waals surface area contributed by atoms with Gasteiger partial charge in [-0.3, -0.25) is 14.5 Å². The van der Waals surface area contributed by atoms with Gasteiger partial charge in [0.25, 0.3) is 0 Å². The van der Waals surface area contributed by atoms with Crippen LogP contribution in [0.4, 0.5) is 5.69 Å². The summed E-state index contributed by atoms with van der Waals surface area (Å²) in [4.78, 5) is 17.5. The van der Waals surface area contributed by atoms with Crippen molar-refractivity contribution < 1.29 is 4.79 Å². The lowest BCUT2D eigenvalue weighted by Crippen LogP contribution is -2.09. The van der Waals surface area contributed by atoms with E-state index in [1.807, 2.05) is 65.7 Å². The molecule has 0 spiro atoms. The molecule has 1 aromatic carbocycles. The van der Waals surface area contributed by atoms with Crippen molar-refractivity contribution in [3.05, 3.63) is 95.3 Å². The molecule has 29 heavy (non-hydrogen) atoms. The van der Waals surface area contributed by atoms with Crippen LogP contribution in [0.15, 0.2) is 78.6 Å². The van der Waals surface area contributed by atoms with Crippen LogP contribution in [-0.4, -0.2) is 20.7 Å². The fourth-order valence-corrected chi connectivity index (χ4v) is 3.68. The second-order valence-corrected chi connectivity index (χ2v) is 7.55. The van der Waals surface area contributed by atoms with E-state index in [9.17, 15) is 4.79 Å². The van der Waals surface area contributed by atoms with Gasteiger partial charge in [0.2, 0.25) is 5.91 Å². The van der Waals surface area contributed by atoms with Gasteiger partial charge in [-0.05, 0) is 41.6 Å². The van der Waals surface area contributed by atoms with Crippen LogP contribution in [0.1, 0.15) is 16.7 Å². The fourth-order valence-electron chi connectivity index (χ4n) is 2.95. The van der Waals surface area contributed by atoms with E-state index in [2.05, 4.69) is 22.4 Å². The van der Waals surface area contributed by atoms with E-state index in [0.717, 1.165) is 21.7 Å². The SMILES string of the molecule is Cc1ccncc1NC(=O)C=Cc1cn(Cc2ccccc2)nc1-c1cccs1. The number of benzene rings is 1. The molecule has 3 aromatic heterocycles. The highest BCUT2D eigenvalue weighted by molar-refractivity contribution is 7.13. The Morgan fingerprint density at radius 2 is 2.03 bits per heavy atom. The Labute approximate surface area is 173 Å². The first-order valence-corrected chi connectivity index (χ1v) is 10.1. The Bertz CT molecular complexity index is 1130. The Morgan fingerprint density at radius 1 is 1.17 bits per heavy atom. The fraction of sp³-hybridized carbons (Fsp3) is 0.0870. The maximum Gasteiger partial charge on any atom is 0.248 e. The standard InChI is InChI=1S/C23H20N4OS/c1-17-11-12-24-14-20(17)25-22(28)10-9-19-16-27(15-18-6-3-2-4-7-18)26-23(19)21-8-5-13-29-21/h2-14,16H,15H2,1H3,(H,25,28). The molecule has 144 valence electrons. The lowest BCUT2D eigenvalue weighted by molar-refractivity contribution is -0.111. The summed E-state index contributed by atoms with van der Waals surface area (Å²) in [6, 6.07) is 16.1. The molecule has 1 N–H and O–H groups in total. The van der Waals surface area contributed by atoms with Crippen LogP contribution in [-0.2, 0) is 11.3 Å². The third-order valence-corrected chi connectivity index (χ3v) is 5.32. The van der Waals surface area contributed by atoms with E-state index in [1.54, 1.807) is 23.7 Å². The molecule has 0 atom stereocenters. The zero-order chi connectivity index (χ0) is 20.1. The zero-order valence-corrected chi connectivity index (χ0v) is 16.8. The van der Waals surface area contributed by atoms with Crippen LogP contribution in [0.3, 0.4) is 0 Å². The van der Waals surface area contributed by atoms with Crippen molar-refractivity contribution in [3.8, 4) is 10.6 Å². The first kappa shape index (κ1) is 18.8. The molecule has 4 rings (SSSR count). The molecule has 1 amide bonds. The van der Waals surface area contributed by atoms with Crippen molar-refractivity contribution >= 4 is 29.0 Å². The number of nitrogens with zero attached hydrogens (tertiary/aromatic N) is 3. The van der Waals surface area contributed by atoms with Gasteiger partial charge in [0.15, 0.2) is 0 Å². The Kier molecular flexibility index (Phi) is 5.63. The number of nitrogens with one attached hydrogen (secondary N) is 1. The van der Waals surface area contributed by atoms with E-state index < -0.39 is 0 Å². The number of amides is 1. The maximum atomic E-state index is 12.4. The first-order valence-electron chi connectivity index (χ1n) is 9.24. The van der Waals surface area contributed by atoms with E-state index in [-0.39, 0.29) is 5.91 Å². The summed E-state index contributed by atoms with van der Waals surface area (Å²) in [5.74, 6) is -0.200. The molecule has 0 aliphatic carbocycles. The Balaban J connectivity index is 1.57. The number of hydrogen-bond acceptors (Lipinski definition) is 4. The lowest BCUT2D eigenvalue weighted by Gasteiger charge is -2.04. The van der Waals surface area contributed by atoms with Crippen LogP contribution in [0.2, 0.25) is 0 Å². The van der Waals surface area contributed by atoms with Crippen molar-refractivity contribution in [2.75, 3.05) is 5.32 Å². The molecule has 5 nitrogen and oxygen atoms in total. The summed E-state index contributed by atoms with van der Waals surface area (Å²) in [5.41, 5.74) is 4.63. The summed E-state index contributed by atoms with van der Waals surface area (Å²) in [6.07, 6.45) is 8.67. The van der Waals surface area contributed by atoms with Crippen molar-refractivity contribution in [2.45, 2.75) is 13.5 Å². The van der Waals surface area contributed by atoms with Crippen LogP contribution < -0.4 is 5.32 Å². The summed E-state index contributed by atoms with van der Waals surface area (Å²) in [5, 5.41) is 9.65. The molecule has 0 aliphatic rings. The lowest BCUT2D eigenvalue weighted by atomic mass is 10.2. The second kappa shape index (κ2) is 8.67. The number of anilines is 1. The van der Waals surface area contributed by atoms with Crippen LogP contribution >= 0.6 is 11.3 Å². The topological polar surface area (TPSA) is 59.8 Å². The highest BCUT2D eigenvalue weighted by atomic mass is 32.1. The zero-order valence-electron chi connectivity index (χ0n) is 15.9. The summed E-state index contributed by atoms with van der Waals surface area (Å²) in [6.45, 7) is 2.61. The van der Waals surface area contributed by atoms with Gasteiger partial charge < -0.3 is 5.32 Å². The van der Waals surface area contributed by atoms with Crippen molar-refractivity contribution in [3.63, 3.8) is 0 Å². The van der Waals surface area contributed by atoms with Gasteiger partial charge in [-0.25, -0.2) is 0 Å². The number of carbonyl (C=O) groups excluding carboxylic acids is 1. The number of rotatable bonds is 6. The molecule has 0 radical (unpaired) electrons. The average Bonchev–Trinajstić information content (AvgIpc) is 3.39. The summed E-state index contributed by atoms with van der Waals surface area (Å²) in [7, 11) is 0. The predicted molar refractivity (Wildman–Crippen MR) is 118 cm³/mol. The van der Waals surface area contributed by atoms with E-state index in [1.165, 1.54) is 11.6 Å². The number of pyridine rings is 1. The monoisotopic (exact) mass is 400 g/mol. The minimum Gasteiger partial charge on any atom is -0.321 e. The van der Waals surface area contributed by atoms with Gasteiger partial charge in [-0.2, -0.15) is 5.10 Å². The highest BCUT2D eigenvalue weighted by Gasteiger charge is 2.11. The smallest absolute Gasteiger partial charge is 0.248 e. The molecule has 0 saturated heterocycles. The number of carbonyl (C=O) groups is 1. The normalized spacial score (nSPS) is 11.1. The third-order valence-electron chi connectivity index (χ3n) is 4.44. The van der Waals surface area contributed by atoms with Gasteiger partial charge in [0.1, 0.15) is 5.69 Å². The van der Waals surface area contributed by atoms with Crippen LogP contribution in [0.5, 0.6) is 0 Å². The van der Waals surface area contributed by atoms with Crippen molar-refractivity contribution in [2.24, 2.45) is 0 Å². The predicted octanol–water partition coefficient (Wildman–Crippen LogP) is 5.02. The average molecular weight is 401 g/mol.